The van der Waals surface area contributed by atoms with E-state index in [9.17, 15) is 28.0 Å². The SMILES string of the molecule is Cc1cc(Nc2ncnc3sc(C(=O)N4CC(CC(=O)OC(C)(C)C)C4)cc23)c(=O)n2c1C(=O)NC21CCC(F)(F)CC1. The van der Waals surface area contributed by atoms with Crippen LogP contribution in [0.5, 0.6) is 0 Å². The second-order valence-electron chi connectivity index (χ2n) is 12.6. The number of carbonyl (C=O) groups excluding carboxylic acids is 3. The highest BCUT2D eigenvalue weighted by molar-refractivity contribution is 7.20. The molecule has 1 saturated carbocycles. The first-order chi connectivity index (χ1) is 20.1. The molecule has 0 aromatic carbocycles. The zero-order chi connectivity index (χ0) is 30.9. The van der Waals surface area contributed by atoms with E-state index in [1.54, 1.807) is 24.0 Å². The summed E-state index contributed by atoms with van der Waals surface area (Å²) in [6.45, 7) is 8.00. The van der Waals surface area contributed by atoms with Crippen LogP contribution >= 0.6 is 11.3 Å². The van der Waals surface area contributed by atoms with Crippen molar-refractivity contribution in [2.24, 2.45) is 5.92 Å². The standard InChI is InChI=1S/C29H32F2N6O5S/c1-15-9-18(25(40)37-21(15)23(39)35-29(37)7-5-28(30,31)6-8-29)34-22-17-11-19(43-24(17)33-14-32-22)26(41)36-12-16(13-36)10-20(38)42-27(2,3)4/h9,11,14,16H,5-8,10,12-13H2,1-4H3,(H,35,39)(H,32,33,34). The van der Waals surface area contributed by atoms with Crippen LogP contribution in [0.2, 0.25) is 0 Å². The topological polar surface area (TPSA) is 136 Å². The second kappa shape index (κ2) is 10.1. The Balaban J connectivity index is 1.23. The molecule has 2 aliphatic heterocycles. The summed E-state index contributed by atoms with van der Waals surface area (Å²) in [6, 6.07) is 3.21. The Morgan fingerprint density at radius 1 is 1.14 bits per heavy atom. The average molecular weight is 615 g/mol. The molecule has 2 N–H and O–H groups in total. The number of pyridine rings is 1. The highest BCUT2D eigenvalue weighted by Gasteiger charge is 2.51. The van der Waals surface area contributed by atoms with Crippen LogP contribution in [0, 0.1) is 12.8 Å². The highest BCUT2D eigenvalue weighted by Crippen LogP contribution is 2.44. The quantitative estimate of drug-likeness (QED) is 0.406. The van der Waals surface area contributed by atoms with Gasteiger partial charge in [0.2, 0.25) is 5.92 Å². The minimum Gasteiger partial charge on any atom is -0.460 e. The van der Waals surface area contributed by atoms with Crippen LogP contribution in [0.1, 0.15) is 78.6 Å². The maximum atomic E-state index is 14.0. The number of rotatable bonds is 5. The largest absolute Gasteiger partial charge is 0.460 e. The van der Waals surface area contributed by atoms with E-state index in [4.69, 9.17) is 4.74 Å². The summed E-state index contributed by atoms with van der Waals surface area (Å²) < 4.78 is 34.7. The number of nitrogens with one attached hydrogen (secondary N) is 2. The van der Waals surface area contributed by atoms with E-state index in [0.717, 1.165) is 0 Å². The molecule has 0 atom stereocenters. The lowest BCUT2D eigenvalue weighted by Crippen LogP contribution is -2.51. The third kappa shape index (κ3) is 5.36. The Morgan fingerprint density at radius 2 is 1.84 bits per heavy atom. The van der Waals surface area contributed by atoms with Crippen LogP contribution in [0.4, 0.5) is 20.3 Å². The highest BCUT2D eigenvalue weighted by atomic mass is 32.1. The van der Waals surface area contributed by atoms with E-state index in [1.807, 2.05) is 20.8 Å². The summed E-state index contributed by atoms with van der Waals surface area (Å²) >= 11 is 1.19. The number of amides is 2. The molecule has 11 nitrogen and oxygen atoms in total. The molecular formula is C29H32F2N6O5S. The molecule has 3 aromatic heterocycles. The van der Waals surface area contributed by atoms with Crippen molar-refractivity contribution in [1.82, 2.24) is 24.8 Å². The molecule has 2 fully saturated rings. The van der Waals surface area contributed by atoms with Gasteiger partial charge in [-0.2, -0.15) is 0 Å². The van der Waals surface area contributed by atoms with Gasteiger partial charge >= 0.3 is 5.97 Å². The number of likely N-dealkylation sites (tertiary alicyclic amines) is 1. The zero-order valence-corrected chi connectivity index (χ0v) is 25.1. The molecule has 228 valence electrons. The van der Waals surface area contributed by atoms with E-state index < -0.39 is 41.5 Å². The maximum absolute atomic E-state index is 14.0. The van der Waals surface area contributed by atoms with Crippen LogP contribution < -0.4 is 16.2 Å². The molecular weight excluding hydrogens is 582 g/mol. The Kier molecular flexibility index (Phi) is 6.82. The van der Waals surface area contributed by atoms with Gasteiger partial charge in [-0.05, 0) is 58.2 Å². The fourth-order valence-electron chi connectivity index (χ4n) is 6.06. The first-order valence-electron chi connectivity index (χ1n) is 14.1. The smallest absolute Gasteiger partial charge is 0.306 e. The number of alkyl halides is 2. The molecule has 3 aromatic rings. The van der Waals surface area contributed by atoms with Crippen molar-refractivity contribution >= 4 is 50.8 Å². The van der Waals surface area contributed by atoms with Gasteiger partial charge < -0.3 is 20.3 Å². The summed E-state index contributed by atoms with van der Waals surface area (Å²) in [5, 5.41) is 6.39. The van der Waals surface area contributed by atoms with Gasteiger partial charge in [0.15, 0.2) is 0 Å². The number of fused-ring (bicyclic) bond motifs is 3. The molecule has 3 aliphatic rings. The van der Waals surface area contributed by atoms with Crippen molar-refractivity contribution in [2.45, 2.75) is 77.0 Å². The monoisotopic (exact) mass is 614 g/mol. The van der Waals surface area contributed by atoms with Gasteiger partial charge in [0.05, 0.1) is 16.7 Å². The molecule has 6 rings (SSSR count). The third-order valence-corrected chi connectivity index (χ3v) is 9.13. The number of aromatic nitrogens is 3. The van der Waals surface area contributed by atoms with E-state index in [0.29, 0.717) is 39.6 Å². The minimum atomic E-state index is -2.84. The fourth-order valence-corrected chi connectivity index (χ4v) is 7.02. The van der Waals surface area contributed by atoms with Gasteiger partial charge in [-0.3, -0.25) is 23.7 Å². The van der Waals surface area contributed by atoms with Gasteiger partial charge in [0.1, 0.15) is 39.6 Å². The first-order valence-corrected chi connectivity index (χ1v) is 15.0. The van der Waals surface area contributed by atoms with Gasteiger partial charge in [0, 0.05) is 31.8 Å². The van der Waals surface area contributed by atoms with Crippen LogP contribution in [-0.2, 0) is 15.2 Å². The summed E-state index contributed by atoms with van der Waals surface area (Å²) in [7, 11) is 0. The number of anilines is 2. The number of carbonyl (C=O) groups is 3. The van der Waals surface area contributed by atoms with E-state index in [-0.39, 0.29) is 48.4 Å². The van der Waals surface area contributed by atoms with Gasteiger partial charge in [-0.1, -0.05) is 0 Å². The number of aryl methyl sites for hydroxylation is 1. The minimum absolute atomic E-state index is 0.0290. The fraction of sp³-hybridized carbons (Fsp3) is 0.517. The molecule has 0 unspecified atom stereocenters. The maximum Gasteiger partial charge on any atom is 0.306 e. The molecule has 0 bridgehead atoms. The predicted octanol–water partition coefficient (Wildman–Crippen LogP) is 4.31. The Morgan fingerprint density at radius 3 is 2.51 bits per heavy atom. The van der Waals surface area contributed by atoms with E-state index >= 15 is 0 Å². The number of esters is 1. The van der Waals surface area contributed by atoms with Gasteiger partial charge in [0.25, 0.3) is 17.4 Å². The van der Waals surface area contributed by atoms with Crippen molar-refractivity contribution in [2.75, 3.05) is 18.4 Å². The molecule has 1 spiro atoms. The van der Waals surface area contributed by atoms with Crippen LogP contribution in [-0.4, -0.2) is 61.8 Å². The molecule has 14 heteroatoms. The van der Waals surface area contributed by atoms with Gasteiger partial charge in [-0.25, -0.2) is 18.7 Å². The van der Waals surface area contributed by atoms with Crippen molar-refractivity contribution in [3.63, 3.8) is 0 Å². The number of nitrogens with zero attached hydrogens (tertiary/aromatic N) is 4. The summed E-state index contributed by atoms with van der Waals surface area (Å²) in [5.41, 5.74) is -1.50. The van der Waals surface area contributed by atoms with Crippen LogP contribution in [0.25, 0.3) is 10.2 Å². The van der Waals surface area contributed by atoms with Gasteiger partial charge in [-0.15, -0.1) is 11.3 Å². The molecule has 1 aliphatic carbocycles. The van der Waals surface area contributed by atoms with E-state index in [1.165, 1.54) is 22.2 Å². The molecule has 0 radical (unpaired) electrons. The summed E-state index contributed by atoms with van der Waals surface area (Å²) in [4.78, 5) is 63.2. The zero-order valence-electron chi connectivity index (χ0n) is 24.3. The average Bonchev–Trinajstić information content (AvgIpc) is 3.45. The van der Waals surface area contributed by atoms with Crippen molar-refractivity contribution < 1.29 is 27.9 Å². The number of ether oxygens (including phenoxy) is 1. The number of thiophene rings is 1. The number of hydrogen-bond donors (Lipinski definition) is 2. The summed E-state index contributed by atoms with van der Waals surface area (Å²) in [5.74, 6) is -3.46. The molecule has 2 amide bonds. The lowest BCUT2D eigenvalue weighted by Gasteiger charge is -2.38. The predicted molar refractivity (Wildman–Crippen MR) is 155 cm³/mol. The van der Waals surface area contributed by atoms with Crippen molar-refractivity contribution in [1.29, 1.82) is 0 Å². The lowest BCUT2D eigenvalue weighted by atomic mass is 9.86. The second-order valence-corrected chi connectivity index (χ2v) is 13.6. The Hall–Kier alpha value is -3.94. The molecule has 5 heterocycles. The lowest BCUT2D eigenvalue weighted by molar-refractivity contribution is -0.157. The van der Waals surface area contributed by atoms with Crippen LogP contribution in [0.15, 0.2) is 23.3 Å². The normalized spacial score (nSPS) is 19.2. The van der Waals surface area contributed by atoms with Crippen molar-refractivity contribution in [3.05, 3.63) is 44.9 Å². The molecule has 1 saturated heterocycles. The van der Waals surface area contributed by atoms with E-state index in [2.05, 4.69) is 20.6 Å². The van der Waals surface area contributed by atoms with Crippen molar-refractivity contribution in [3.8, 4) is 0 Å². The van der Waals surface area contributed by atoms with Crippen LogP contribution in [0.3, 0.4) is 0 Å². The first kappa shape index (κ1) is 29.1. The molecule has 43 heavy (non-hydrogen) atoms. The number of hydrogen-bond acceptors (Lipinski definition) is 9. The Labute approximate surface area is 249 Å². The summed E-state index contributed by atoms with van der Waals surface area (Å²) in [6.07, 6.45) is 0.561. The third-order valence-electron chi connectivity index (χ3n) is 8.10. The number of halogens is 2. The Bertz CT molecular complexity index is 1710.